The van der Waals surface area contributed by atoms with Crippen LogP contribution in [0.1, 0.15) is 25.1 Å². The van der Waals surface area contributed by atoms with Crippen LogP contribution in [0.3, 0.4) is 0 Å². The largest absolute Gasteiger partial charge is 0.496 e. The molecule has 0 bridgehead atoms. The van der Waals surface area contributed by atoms with Crippen molar-refractivity contribution in [3.8, 4) is 17.2 Å². The van der Waals surface area contributed by atoms with E-state index in [0.29, 0.717) is 17.5 Å². The molecule has 0 radical (unpaired) electrons. The minimum Gasteiger partial charge on any atom is -0.496 e. The molecule has 1 aliphatic carbocycles. The lowest BCUT2D eigenvalue weighted by Crippen LogP contribution is -2.44. The SMILES string of the molecule is COc1cc(Br)ccc1-c1nc(C2(N)CCC2)no1. The number of nitrogens with zero attached hydrogens (tertiary/aromatic N) is 2. The zero-order valence-electron chi connectivity index (χ0n) is 10.5. The highest BCUT2D eigenvalue weighted by atomic mass is 79.9. The highest BCUT2D eigenvalue weighted by Crippen LogP contribution is 2.38. The average Bonchev–Trinajstić information content (AvgIpc) is 2.85. The molecule has 1 saturated carbocycles. The summed E-state index contributed by atoms with van der Waals surface area (Å²) in [5.41, 5.74) is 6.54. The molecular formula is C13H14BrN3O2. The maximum atomic E-state index is 6.19. The van der Waals surface area contributed by atoms with Crippen LogP contribution in [0, 0.1) is 0 Å². The topological polar surface area (TPSA) is 74.2 Å². The quantitative estimate of drug-likeness (QED) is 0.940. The summed E-state index contributed by atoms with van der Waals surface area (Å²) in [6.07, 6.45) is 2.93. The lowest BCUT2D eigenvalue weighted by atomic mass is 9.77. The number of hydrogen-bond acceptors (Lipinski definition) is 5. The first kappa shape index (κ1) is 12.6. The minimum absolute atomic E-state index is 0.412. The van der Waals surface area contributed by atoms with Crippen molar-refractivity contribution in [2.75, 3.05) is 7.11 Å². The van der Waals surface area contributed by atoms with Crippen LogP contribution in [0.4, 0.5) is 0 Å². The van der Waals surface area contributed by atoms with Crippen molar-refractivity contribution in [2.24, 2.45) is 5.73 Å². The summed E-state index contributed by atoms with van der Waals surface area (Å²) < 4.78 is 11.6. The second-order valence-electron chi connectivity index (χ2n) is 4.78. The van der Waals surface area contributed by atoms with Gasteiger partial charge in [-0.1, -0.05) is 21.1 Å². The van der Waals surface area contributed by atoms with E-state index < -0.39 is 5.54 Å². The molecule has 0 amide bonds. The molecule has 0 atom stereocenters. The summed E-state index contributed by atoms with van der Waals surface area (Å²) in [6.45, 7) is 0. The van der Waals surface area contributed by atoms with Gasteiger partial charge in [-0.05, 0) is 37.5 Å². The number of nitrogens with two attached hydrogens (primary N) is 1. The molecule has 1 fully saturated rings. The van der Waals surface area contributed by atoms with Crippen LogP contribution in [-0.2, 0) is 5.54 Å². The van der Waals surface area contributed by atoms with E-state index in [1.54, 1.807) is 7.11 Å². The van der Waals surface area contributed by atoms with E-state index in [1.165, 1.54) is 0 Å². The first-order valence-electron chi connectivity index (χ1n) is 6.09. The standard InChI is InChI=1S/C13H14BrN3O2/c1-18-10-7-8(14)3-4-9(10)11-16-12(17-19-11)13(15)5-2-6-13/h3-4,7H,2,5-6,15H2,1H3. The molecule has 2 N–H and O–H groups in total. The van der Waals surface area contributed by atoms with E-state index in [2.05, 4.69) is 26.1 Å². The third-order valence-electron chi connectivity index (χ3n) is 3.51. The first-order chi connectivity index (χ1) is 9.12. The maximum absolute atomic E-state index is 6.19. The van der Waals surface area contributed by atoms with Crippen LogP contribution in [-0.4, -0.2) is 17.3 Å². The third-order valence-corrected chi connectivity index (χ3v) is 4.00. The lowest BCUT2D eigenvalue weighted by molar-refractivity contribution is 0.229. The van der Waals surface area contributed by atoms with Crippen LogP contribution >= 0.6 is 15.9 Å². The van der Waals surface area contributed by atoms with Gasteiger partial charge in [0.1, 0.15) is 5.75 Å². The predicted molar refractivity (Wildman–Crippen MR) is 73.7 cm³/mol. The average molecular weight is 324 g/mol. The molecule has 1 aromatic heterocycles. The summed E-state index contributed by atoms with van der Waals surface area (Å²) >= 11 is 3.40. The van der Waals surface area contributed by atoms with Crippen molar-refractivity contribution in [1.29, 1.82) is 0 Å². The van der Waals surface area contributed by atoms with Gasteiger partial charge in [0.15, 0.2) is 5.82 Å². The highest BCUT2D eigenvalue weighted by molar-refractivity contribution is 9.10. The Bertz CT molecular complexity index is 608. The zero-order valence-corrected chi connectivity index (χ0v) is 12.1. The van der Waals surface area contributed by atoms with Crippen molar-refractivity contribution in [2.45, 2.75) is 24.8 Å². The fraction of sp³-hybridized carbons (Fsp3) is 0.385. The second kappa shape index (κ2) is 4.61. The second-order valence-corrected chi connectivity index (χ2v) is 5.69. The molecule has 3 rings (SSSR count). The van der Waals surface area contributed by atoms with Gasteiger partial charge >= 0.3 is 0 Å². The number of hydrogen-bond donors (Lipinski definition) is 1. The molecule has 1 aromatic carbocycles. The van der Waals surface area contributed by atoms with Crippen LogP contribution in [0.15, 0.2) is 27.2 Å². The van der Waals surface area contributed by atoms with Gasteiger partial charge in [-0.15, -0.1) is 0 Å². The minimum atomic E-state index is -0.412. The van der Waals surface area contributed by atoms with Gasteiger partial charge in [0.05, 0.1) is 18.2 Å². The number of aromatic nitrogens is 2. The Labute approximate surface area is 119 Å². The van der Waals surface area contributed by atoms with Crippen molar-refractivity contribution < 1.29 is 9.26 Å². The Morgan fingerprint density at radius 3 is 2.84 bits per heavy atom. The number of benzene rings is 1. The molecule has 1 aliphatic rings. The van der Waals surface area contributed by atoms with Gasteiger partial charge in [-0.3, -0.25) is 0 Å². The Balaban J connectivity index is 1.99. The molecule has 0 saturated heterocycles. The van der Waals surface area contributed by atoms with Gasteiger partial charge in [0, 0.05) is 4.47 Å². The van der Waals surface area contributed by atoms with Gasteiger partial charge in [0.2, 0.25) is 0 Å². The summed E-state index contributed by atoms with van der Waals surface area (Å²) in [5.74, 6) is 1.71. The molecule has 0 spiro atoms. The Hall–Kier alpha value is -1.40. The summed E-state index contributed by atoms with van der Waals surface area (Å²) in [4.78, 5) is 4.41. The van der Waals surface area contributed by atoms with E-state index >= 15 is 0 Å². The van der Waals surface area contributed by atoms with Crippen LogP contribution < -0.4 is 10.5 Å². The number of ether oxygens (including phenoxy) is 1. The maximum Gasteiger partial charge on any atom is 0.261 e. The first-order valence-corrected chi connectivity index (χ1v) is 6.89. The molecule has 100 valence electrons. The van der Waals surface area contributed by atoms with Crippen molar-refractivity contribution in [3.05, 3.63) is 28.5 Å². The number of rotatable bonds is 3. The van der Waals surface area contributed by atoms with Gasteiger partial charge in [0.25, 0.3) is 5.89 Å². The molecule has 6 heteroatoms. The summed E-state index contributed by atoms with van der Waals surface area (Å²) in [7, 11) is 1.61. The number of methoxy groups -OCH3 is 1. The summed E-state index contributed by atoms with van der Waals surface area (Å²) in [5, 5.41) is 4.01. The fourth-order valence-electron chi connectivity index (χ4n) is 2.16. The van der Waals surface area contributed by atoms with Crippen LogP contribution in [0.25, 0.3) is 11.5 Å². The van der Waals surface area contributed by atoms with Gasteiger partial charge in [-0.2, -0.15) is 4.98 Å². The molecule has 19 heavy (non-hydrogen) atoms. The van der Waals surface area contributed by atoms with E-state index in [9.17, 15) is 0 Å². The Morgan fingerprint density at radius 1 is 1.42 bits per heavy atom. The molecular weight excluding hydrogens is 310 g/mol. The molecule has 0 unspecified atom stereocenters. The lowest BCUT2D eigenvalue weighted by Gasteiger charge is -2.34. The van der Waals surface area contributed by atoms with E-state index in [4.69, 9.17) is 15.0 Å². The van der Waals surface area contributed by atoms with Crippen LogP contribution in [0.2, 0.25) is 0 Å². The van der Waals surface area contributed by atoms with E-state index in [-0.39, 0.29) is 0 Å². The van der Waals surface area contributed by atoms with E-state index in [1.807, 2.05) is 18.2 Å². The normalized spacial score (nSPS) is 17.0. The zero-order chi connectivity index (χ0) is 13.5. The van der Waals surface area contributed by atoms with E-state index in [0.717, 1.165) is 29.3 Å². The van der Waals surface area contributed by atoms with Gasteiger partial charge < -0.3 is 15.0 Å². The fourth-order valence-corrected chi connectivity index (χ4v) is 2.50. The molecule has 2 aromatic rings. The number of halogens is 1. The molecule has 0 aliphatic heterocycles. The van der Waals surface area contributed by atoms with Crippen molar-refractivity contribution >= 4 is 15.9 Å². The smallest absolute Gasteiger partial charge is 0.261 e. The Morgan fingerprint density at radius 2 is 2.21 bits per heavy atom. The molecule has 5 nitrogen and oxygen atoms in total. The predicted octanol–water partition coefficient (Wildman–Crippen LogP) is 2.85. The monoisotopic (exact) mass is 323 g/mol. The van der Waals surface area contributed by atoms with Crippen LogP contribution in [0.5, 0.6) is 5.75 Å². The van der Waals surface area contributed by atoms with Gasteiger partial charge in [-0.25, -0.2) is 0 Å². The Kier molecular flexibility index (Phi) is 3.06. The summed E-state index contributed by atoms with van der Waals surface area (Å²) in [6, 6.07) is 5.65. The molecule has 1 heterocycles. The van der Waals surface area contributed by atoms with Crippen molar-refractivity contribution in [1.82, 2.24) is 10.1 Å². The van der Waals surface area contributed by atoms with Crippen molar-refractivity contribution in [3.63, 3.8) is 0 Å². The third kappa shape index (κ3) is 2.15. The highest BCUT2D eigenvalue weighted by Gasteiger charge is 2.39.